The molecule has 0 bridgehead atoms. The van der Waals surface area contributed by atoms with Crippen LogP contribution in [0.1, 0.15) is 37.8 Å². The molecule has 1 N–H and O–H groups in total. The lowest BCUT2D eigenvalue weighted by atomic mass is 9.96. The highest BCUT2D eigenvalue weighted by Gasteiger charge is 2.14. The highest BCUT2D eigenvalue weighted by atomic mass is 32.1. The maximum atomic E-state index is 13.6. The lowest BCUT2D eigenvalue weighted by Gasteiger charge is -2.16. The Morgan fingerprint density at radius 2 is 2.08 bits per heavy atom. The summed E-state index contributed by atoms with van der Waals surface area (Å²) in [7, 11) is 1.88. The topological polar surface area (TPSA) is 46.4 Å². The van der Waals surface area contributed by atoms with Crippen LogP contribution in [0, 0.1) is 11.6 Å². The molecule has 1 aliphatic carbocycles. The summed E-state index contributed by atoms with van der Waals surface area (Å²) >= 11 is 1.51. The average molecular weight is 365 g/mol. The summed E-state index contributed by atoms with van der Waals surface area (Å²) in [6.45, 7) is 0. The van der Waals surface area contributed by atoms with Gasteiger partial charge in [-0.15, -0.1) is 11.3 Å². The molecule has 1 aliphatic rings. The quantitative estimate of drug-likeness (QED) is 0.881. The monoisotopic (exact) mass is 365 g/mol. The number of carbonyl (C=O) groups excluding carboxylic acids is 1. The predicted molar refractivity (Wildman–Crippen MR) is 94.4 cm³/mol. The minimum atomic E-state index is -0.655. The Labute approximate surface area is 149 Å². The fraction of sp³-hybridized carbons (Fsp3) is 0.444. The van der Waals surface area contributed by atoms with E-state index < -0.39 is 11.6 Å². The first-order valence-electron chi connectivity index (χ1n) is 8.45. The van der Waals surface area contributed by atoms with E-state index in [-0.39, 0.29) is 18.0 Å². The van der Waals surface area contributed by atoms with Gasteiger partial charge in [0.25, 0.3) is 0 Å². The lowest BCUT2D eigenvalue weighted by molar-refractivity contribution is -0.115. The van der Waals surface area contributed by atoms with Crippen LogP contribution in [-0.4, -0.2) is 16.5 Å². The SMILES string of the molecule is Cn1c(CC(=O)Nc2cc(F)ccc2F)csc1=NC1CCCCC1. The number of rotatable bonds is 4. The summed E-state index contributed by atoms with van der Waals surface area (Å²) in [4.78, 5) is 17.8. The molecule has 0 radical (unpaired) electrons. The Bertz CT molecular complexity index is 822. The van der Waals surface area contributed by atoms with Crippen molar-refractivity contribution in [3.63, 3.8) is 0 Å². The number of nitrogens with one attached hydrogen (secondary N) is 1. The number of hydrogen-bond donors (Lipinski definition) is 1. The Morgan fingerprint density at radius 3 is 2.84 bits per heavy atom. The van der Waals surface area contributed by atoms with Crippen molar-refractivity contribution in [1.29, 1.82) is 0 Å². The second-order valence-electron chi connectivity index (χ2n) is 6.34. The van der Waals surface area contributed by atoms with Gasteiger partial charge in [0.15, 0.2) is 4.80 Å². The first kappa shape index (κ1) is 17.8. The van der Waals surface area contributed by atoms with Crippen LogP contribution >= 0.6 is 11.3 Å². The molecule has 1 amide bonds. The molecule has 7 heteroatoms. The molecule has 0 spiro atoms. The van der Waals surface area contributed by atoms with Gasteiger partial charge in [0.05, 0.1) is 18.2 Å². The van der Waals surface area contributed by atoms with E-state index in [0.717, 1.165) is 41.5 Å². The van der Waals surface area contributed by atoms with Crippen LogP contribution in [0.3, 0.4) is 0 Å². The zero-order valence-corrected chi connectivity index (χ0v) is 14.9. The van der Waals surface area contributed by atoms with Crippen LogP contribution < -0.4 is 10.1 Å². The number of aromatic nitrogens is 1. The first-order valence-corrected chi connectivity index (χ1v) is 9.33. The van der Waals surface area contributed by atoms with Gasteiger partial charge < -0.3 is 9.88 Å². The van der Waals surface area contributed by atoms with Gasteiger partial charge in [-0.2, -0.15) is 0 Å². The molecule has 0 aliphatic heterocycles. The summed E-state index contributed by atoms with van der Waals surface area (Å²) in [5, 5.41) is 4.32. The number of nitrogens with zero attached hydrogens (tertiary/aromatic N) is 2. The van der Waals surface area contributed by atoms with Gasteiger partial charge in [0, 0.05) is 24.2 Å². The van der Waals surface area contributed by atoms with Crippen LogP contribution in [0.15, 0.2) is 28.6 Å². The van der Waals surface area contributed by atoms with Crippen molar-refractivity contribution in [2.75, 3.05) is 5.32 Å². The number of hydrogen-bond acceptors (Lipinski definition) is 3. The summed E-state index contributed by atoms with van der Waals surface area (Å²) in [6.07, 6.45) is 6.04. The van der Waals surface area contributed by atoms with Gasteiger partial charge in [0.2, 0.25) is 5.91 Å². The number of halogens is 2. The molecule has 0 saturated heterocycles. The highest BCUT2D eigenvalue weighted by Crippen LogP contribution is 2.20. The van der Waals surface area contributed by atoms with Crippen molar-refractivity contribution in [3.05, 3.63) is 45.7 Å². The Balaban J connectivity index is 1.69. The van der Waals surface area contributed by atoms with Crippen LogP contribution in [0.25, 0.3) is 0 Å². The minimum Gasteiger partial charge on any atom is -0.324 e. The fourth-order valence-corrected chi connectivity index (χ4v) is 3.97. The maximum Gasteiger partial charge on any atom is 0.230 e. The van der Waals surface area contributed by atoms with Gasteiger partial charge in [0.1, 0.15) is 11.6 Å². The van der Waals surface area contributed by atoms with Crippen molar-refractivity contribution in [2.45, 2.75) is 44.6 Å². The van der Waals surface area contributed by atoms with E-state index in [0.29, 0.717) is 6.04 Å². The van der Waals surface area contributed by atoms with E-state index in [1.165, 1.54) is 30.6 Å². The first-order chi connectivity index (χ1) is 12.0. The second kappa shape index (κ2) is 7.91. The normalized spacial score (nSPS) is 16.2. The third-order valence-electron chi connectivity index (χ3n) is 4.43. The van der Waals surface area contributed by atoms with E-state index in [4.69, 9.17) is 4.99 Å². The number of amides is 1. The second-order valence-corrected chi connectivity index (χ2v) is 7.18. The third kappa shape index (κ3) is 4.54. The number of benzene rings is 1. The zero-order chi connectivity index (χ0) is 17.8. The van der Waals surface area contributed by atoms with Crippen molar-refractivity contribution >= 4 is 22.9 Å². The van der Waals surface area contributed by atoms with Gasteiger partial charge in [-0.05, 0) is 25.0 Å². The fourth-order valence-electron chi connectivity index (χ4n) is 3.00. The summed E-state index contributed by atoms with van der Waals surface area (Å²) < 4.78 is 28.7. The van der Waals surface area contributed by atoms with E-state index in [1.54, 1.807) is 0 Å². The molecular weight excluding hydrogens is 344 g/mol. The molecule has 4 nitrogen and oxygen atoms in total. The van der Waals surface area contributed by atoms with Gasteiger partial charge >= 0.3 is 0 Å². The number of carbonyl (C=O) groups is 1. The summed E-state index contributed by atoms with van der Waals surface area (Å²) in [5.74, 6) is -1.63. The van der Waals surface area contributed by atoms with Gasteiger partial charge in [-0.1, -0.05) is 19.3 Å². The van der Waals surface area contributed by atoms with Crippen LogP contribution in [-0.2, 0) is 18.3 Å². The molecule has 134 valence electrons. The van der Waals surface area contributed by atoms with E-state index >= 15 is 0 Å². The molecule has 1 saturated carbocycles. The van der Waals surface area contributed by atoms with Crippen LogP contribution in [0.4, 0.5) is 14.5 Å². The molecule has 0 unspecified atom stereocenters. The molecule has 25 heavy (non-hydrogen) atoms. The van der Waals surface area contributed by atoms with E-state index in [1.807, 2.05) is 17.0 Å². The van der Waals surface area contributed by atoms with E-state index in [9.17, 15) is 13.6 Å². The minimum absolute atomic E-state index is 0.0864. The molecule has 0 atom stereocenters. The van der Waals surface area contributed by atoms with Gasteiger partial charge in [-0.25, -0.2) is 8.78 Å². The molecular formula is C18H21F2N3OS. The van der Waals surface area contributed by atoms with Crippen molar-refractivity contribution in [3.8, 4) is 0 Å². The summed E-state index contributed by atoms with van der Waals surface area (Å²) in [5.41, 5.74) is 0.656. The van der Waals surface area contributed by atoms with Crippen LogP contribution in [0.2, 0.25) is 0 Å². The average Bonchev–Trinajstić information content (AvgIpc) is 2.92. The molecule has 3 rings (SSSR count). The number of thiazole rings is 1. The van der Waals surface area contributed by atoms with Crippen molar-refractivity contribution < 1.29 is 13.6 Å². The molecule has 1 heterocycles. The third-order valence-corrected chi connectivity index (χ3v) is 5.41. The van der Waals surface area contributed by atoms with Crippen LogP contribution in [0.5, 0.6) is 0 Å². The predicted octanol–water partition coefficient (Wildman–Crippen LogP) is 3.78. The standard InChI is InChI=1S/C18H21F2N3OS/c1-23-14(11-25-18(23)21-13-5-3-2-4-6-13)10-17(24)22-16-9-12(19)7-8-15(16)20/h7-9,11,13H,2-6,10H2,1H3,(H,22,24). The molecule has 1 aromatic heterocycles. The lowest BCUT2D eigenvalue weighted by Crippen LogP contribution is -2.22. The molecule has 2 aromatic rings. The summed E-state index contributed by atoms with van der Waals surface area (Å²) in [6, 6.07) is 3.35. The van der Waals surface area contributed by atoms with Crippen molar-refractivity contribution in [1.82, 2.24) is 4.57 Å². The highest BCUT2D eigenvalue weighted by molar-refractivity contribution is 7.07. The maximum absolute atomic E-state index is 13.6. The Morgan fingerprint density at radius 1 is 1.32 bits per heavy atom. The Hall–Kier alpha value is -2.02. The molecule has 1 fully saturated rings. The Kier molecular flexibility index (Phi) is 5.63. The van der Waals surface area contributed by atoms with Gasteiger partial charge in [-0.3, -0.25) is 9.79 Å². The zero-order valence-electron chi connectivity index (χ0n) is 14.1. The van der Waals surface area contributed by atoms with Crippen molar-refractivity contribution in [2.24, 2.45) is 12.0 Å². The molecule has 1 aromatic carbocycles. The number of anilines is 1. The largest absolute Gasteiger partial charge is 0.324 e. The smallest absolute Gasteiger partial charge is 0.230 e. The van der Waals surface area contributed by atoms with E-state index in [2.05, 4.69) is 5.32 Å².